The summed E-state index contributed by atoms with van der Waals surface area (Å²) in [6.07, 6.45) is 0. The molecule has 0 spiro atoms. The lowest BCUT2D eigenvalue weighted by atomic mass is 10.1. The number of nitro benzene ring substituents is 1. The van der Waals surface area contributed by atoms with E-state index >= 15 is 0 Å². The van der Waals surface area contributed by atoms with Crippen LogP contribution < -0.4 is 0 Å². The molecule has 0 atom stereocenters. The number of hydrogen-bond acceptors (Lipinski definition) is 3. The summed E-state index contributed by atoms with van der Waals surface area (Å²) in [4.78, 5) is 12.3. The molecule has 5 heteroatoms. The van der Waals surface area contributed by atoms with Crippen molar-refractivity contribution >= 4 is 17.3 Å². The zero-order chi connectivity index (χ0) is 14.5. The average molecular weight is 291 g/mol. The second-order valence-electron chi connectivity index (χ2n) is 4.72. The third kappa shape index (κ3) is 4.05. The van der Waals surface area contributed by atoms with Gasteiger partial charge in [0.25, 0.3) is 5.69 Å². The lowest BCUT2D eigenvalue weighted by Gasteiger charge is -2.16. The summed E-state index contributed by atoms with van der Waals surface area (Å²) >= 11 is 5.85. The van der Waals surface area contributed by atoms with Crippen molar-refractivity contribution in [3.8, 4) is 0 Å². The van der Waals surface area contributed by atoms with Crippen LogP contribution in [0.25, 0.3) is 0 Å². The van der Waals surface area contributed by atoms with Crippen LogP contribution in [0, 0.1) is 10.1 Å². The summed E-state index contributed by atoms with van der Waals surface area (Å²) in [5.41, 5.74) is 2.35. The summed E-state index contributed by atoms with van der Waals surface area (Å²) in [6, 6.07) is 14.4. The zero-order valence-corrected chi connectivity index (χ0v) is 11.9. The summed E-state index contributed by atoms with van der Waals surface area (Å²) in [7, 11) is 2.01. The molecule has 0 saturated heterocycles. The Morgan fingerprint density at radius 2 is 1.45 bits per heavy atom. The van der Waals surface area contributed by atoms with Crippen molar-refractivity contribution in [2.75, 3.05) is 7.05 Å². The van der Waals surface area contributed by atoms with Crippen LogP contribution in [0.5, 0.6) is 0 Å². The van der Waals surface area contributed by atoms with E-state index in [2.05, 4.69) is 4.90 Å². The fraction of sp³-hybridized carbons (Fsp3) is 0.200. The lowest BCUT2D eigenvalue weighted by molar-refractivity contribution is -0.384. The molecule has 2 aromatic carbocycles. The highest BCUT2D eigenvalue weighted by atomic mass is 35.5. The highest BCUT2D eigenvalue weighted by Gasteiger charge is 2.06. The van der Waals surface area contributed by atoms with Crippen molar-refractivity contribution in [2.45, 2.75) is 13.1 Å². The molecule has 0 aromatic heterocycles. The van der Waals surface area contributed by atoms with E-state index in [0.29, 0.717) is 0 Å². The van der Waals surface area contributed by atoms with Gasteiger partial charge in [-0.3, -0.25) is 15.0 Å². The summed E-state index contributed by atoms with van der Waals surface area (Å²) < 4.78 is 0. The van der Waals surface area contributed by atoms with Gasteiger partial charge in [-0.15, -0.1) is 0 Å². The molecule has 0 unspecified atom stereocenters. The Balaban J connectivity index is 1.95. The molecule has 4 nitrogen and oxygen atoms in total. The van der Waals surface area contributed by atoms with Gasteiger partial charge in [-0.25, -0.2) is 0 Å². The highest BCUT2D eigenvalue weighted by Crippen LogP contribution is 2.15. The Morgan fingerprint density at radius 3 is 1.90 bits per heavy atom. The largest absolute Gasteiger partial charge is 0.298 e. The Bertz CT molecular complexity index is 582. The van der Waals surface area contributed by atoms with Crippen molar-refractivity contribution in [1.82, 2.24) is 4.90 Å². The van der Waals surface area contributed by atoms with Gasteiger partial charge in [0.1, 0.15) is 0 Å². The van der Waals surface area contributed by atoms with Crippen LogP contribution in [0.4, 0.5) is 5.69 Å². The molecule has 0 bridgehead atoms. The van der Waals surface area contributed by atoms with E-state index < -0.39 is 0 Å². The van der Waals surface area contributed by atoms with Crippen LogP contribution in [0.3, 0.4) is 0 Å². The molecule has 20 heavy (non-hydrogen) atoms. The van der Waals surface area contributed by atoms with Crippen molar-refractivity contribution in [1.29, 1.82) is 0 Å². The number of non-ortho nitro benzene ring substituents is 1. The molecular formula is C15H15ClN2O2. The molecule has 0 aliphatic rings. The maximum Gasteiger partial charge on any atom is 0.269 e. The van der Waals surface area contributed by atoms with Crippen molar-refractivity contribution in [2.24, 2.45) is 0 Å². The predicted molar refractivity (Wildman–Crippen MR) is 79.7 cm³/mol. The fourth-order valence-corrected chi connectivity index (χ4v) is 2.12. The molecule has 2 aromatic rings. The van der Waals surface area contributed by atoms with E-state index in [4.69, 9.17) is 11.6 Å². The van der Waals surface area contributed by atoms with Crippen molar-refractivity contribution in [3.63, 3.8) is 0 Å². The second kappa shape index (κ2) is 6.50. The standard InChI is InChI=1S/C15H15ClN2O2/c1-17(10-12-2-6-14(16)7-3-12)11-13-4-8-15(9-5-13)18(19)20/h2-9H,10-11H2,1H3. The quantitative estimate of drug-likeness (QED) is 0.620. The van der Waals surface area contributed by atoms with E-state index in [9.17, 15) is 10.1 Å². The van der Waals surface area contributed by atoms with Gasteiger partial charge >= 0.3 is 0 Å². The van der Waals surface area contributed by atoms with Gasteiger partial charge in [0.2, 0.25) is 0 Å². The number of rotatable bonds is 5. The molecule has 104 valence electrons. The van der Waals surface area contributed by atoms with Gasteiger partial charge in [-0.05, 0) is 30.3 Å². The van der Waals surface area contributed by atoms with Crippen LogP contribution in [0.15, 0.2) is 48.5 Å². The molecule has 0 heterocycles. The minimum absolute atomic E-state index is 0.120. The summed E-state index contributed by atoms with van der Waals surface area (Å²) in [5, 5.41) is 11.3. The summed E-state index contributed by atoms with van der Waals surface area (Å²) in [6.45, 7) is 1.54. The fourth-order valence-electron chi connectivity index (χ4n) is 1.99. The van der Waals surface area contributed by atoms with E-state index in [1.165, 1.54) is 17.7 Å². The number of benzene rings is 2. The van der Waals surface area contributed by atoms with Gasteiger partial charge in [0.15, 0.2) is 0 Å². The molecule has 0 N–H and O–H groups in total. The minimum atomic E-state index is -0.388. The first-order valence-corrected chi connectivity index (χ1v) is 6.59. The van der Waals surface area contributed by atoms with E-state index in [1.807, 2.05) is 31.3 Å². The van der Waals surface area contributed by atoms with E-state index in [-0.39, 0.29) is 10.6 Å². The lowest BCUT2D eigenvalue weighted by Crippen LogP contribution is -2.17. The molecule has 0 saturated carbocycles. The molecule has 0 radical (unpaired) electrons. The Kier molecular flexibility index (Phi) is 4.71. The third-order valence-corrected chi connectivity index (χ3v) is 3.22. The number of nitro groups is 1. The molecule has 0 aliphatic heterocycles. The topological polar surface area (TPSA) is 46.4 Å². The van der Waals surface area contributed by atoms with E-state index in [1.54, 1.807) is 12.1 Å². The smallest absolute Gasteiger partial charge is 0.269 e. The number of nitrogens with zero attached hydrogens (tertiary/aromatic N) is 2. The molecule has 2 rings (SSSR count). The Hall–Kier alpha value is -1.91. The van der Waals surface area contributed by atoms with Crippen LogP contribution in [0.2, 0.25) is 5.02 Å². The minimum Gasteiger partial charge on any atom is -0.298 e. The Labute approximate surface area is 122 Å². The average Bonchev–Trinajstić information content (AvgIpc) is 2.42. The van der Waals surface area contributed by atoms with Gasteiger partial charge in [-0.1, -0.05) is 35.9 Å². The van der Waals surface area contributed by atoms with Gasteiger partial charge in [-0.2, -0.15) is 0 Å². The van der Waals surface area contributed by atoms with Gasteiger partial charge in [0.05, 0.1) is 4.92 Å². The monoisotopic (exact) mass is 290 g/mol. The normalized spacial score (nSPS) is 10.8. The maximum atomic E-state index is 10.6. The number of halogens is 1. The number of hydrogen-bond donors (Lipinski definition) is 0. The SMILES string of the molecule is CN(Cc1ccc(Cl)cc1)Cc1ccc([N+](=O)[O-])cc1. The third-order valence-electron chi connectivity index (χ3n) is 2.97. The first-order valence-electron chi connectivity index (χ1n) is 6.21. The van der Waals surface area contributed by atoms with Crippen LogP contribution in [0.1, 0.15) is 11.1 Å². The zero-order valence-electron chi connectivity index (χ0n) is 11.1. The molecular weight excluding hydrogens is 276 g/mol. The Morgan fingerprint density at radius 1 is 1.00 bits per heavy atom. The van der Waals surface area contributed by atoms with Gasteiger partial charge < -0.3 is 0 Å². The molecule has 0 amide bonds. The van der Waals surface area contributed by atoms with Gasteiger partial charge in [0, 0.05) is 30.2 Å². The van der Waals surface area contributed by atoms with Crippen LogP contribution in [-0.2, 0) is 13.1 Å². The first-order chi connectivity index (χ1) is 9.54. The van der Waals surface area contributed by atoms with E-state index in [0.717, 1.165) is 23.7 Å². The van der Waals surface area contributed by atoms with Crippen LogP contribution >= 0.6 is 11.6 Å². The molecule has 0 aliphatic carbocycles. The predicted octanol–water partition coefficient (Wildman–Crippen LogP) is 3.88. The second-order valence-corrected chi connectivity index (χ2v) is 5.16. The van der Waals surface area contributed by atoms with Crippen molar-refractivity contribution in [3.05, 3.63) is 74.8 Å². The summed E-state index contributed by atoms with van der Waals surface area (Å²) in [5.74, 6) is 0. The first kappa shape index (κ1) is 14.5. The highest BCUT2D eigenvalue weighted by molar-refractivity contribution is 6.30. The van der Waals surface area contributed by atoms with Crippen LogP contribution in [-0.4, -0.2) is 16.9 Å². The maximum absolute atomic E-state index is 10.6. The van der Waals surface area contributed by atoms with Crippen molar-refractivity contribution < 1.29 is 4.92 Å². The molecule has 0 fully saturated rings.